The van der Waals surface area contributed by atoms with Crippen molar-refractivity contribution in [2.24, 2.45) is 7.05 Å². The Morgan fingerprint density at radius 2 is 2.06 bits per heavy atom. The average Bonchev–Trinajstić information content (AvgIpc) is 2.80. The fraction of sp³-hybridized carbons (Fsp3) is 0.167. The molecule has 0 spiro atoms. The van der Waals surface area contributed by atoms with Crippen molar-refractivity contribution >= 4 is 27.4 Å². The molecule has 92 valence electrons. The van der Waals surface area contributed by atoms with Gasteiger partial charge in [-0.1, -0.05) is 0 Å². The highest BCUT2D eigenvalue weighted by Crippen LogP contribution is 2.29. The molecule has 3 rings (SSSR count). The van der Waals surface area contributed by atoms with Gasteiger partial charge < -0.3 is 5.73 Å². The van der Waals surface area contributed by atoms with Crippen LogP contribution in [-0.2, 0) is 7.05 Å². The Bertz CT molecular complexity index is 740. The third-order valence-corrected chi connectivity index (χ3v) is 3.36. The lowest BCUT2D eigenvalue weighted by atomic mass is 10.2. The molecule has 0 amide bonds. The molecule has 0 aromatic carbocycles. The molecule has 0 fully saturated rings. The number of rotatable bonds is 1. The number of pyridine rings is 1. The molecule has 0 saturated carbocycles. The number of nitrogens with zero attached hydrogens (tertiary/aromatic N) is 4. The third-order valence-electron chi connectivity index (χ3n) is 2.89. The molecular formula is C12H12BrN5. The predicted molar refractivity (Wildman–Crippen MR) is 74.2 cm³/mol. The van der Waals surface area contributed by atoms with Crippen molar-refractivity contribution in [3.05, 3.63) is 34.7 Å². The number of hydrogen-bond acceptors (Lipinski definition) is 3. The van der Waals surface area contributed by atoms with Gasteiger partial charge in [0.15, 0.2) is 0 Å². The maximum absolute atomic E-state index is 6.16. The second-order valence-electron chi connectivity index (χ2n) is 4.22. The quantitative estimate of drug-likeness (QED) is 0.751. The molecule has 3 aromatic heterocycles. The first-order valence-corrected chi connectivity index (χ1v) is 6.29. The van der Waals surface area contributed by atoms with Crippen LogP contribution in [0.25, 0.3) is 16.9 Å². The SMILES string of the molecule is Cc1nn(C)cc1-c1nc2ccc(Br)cn2c1N. The van der Waals surface area contributed by atoms with E-state index in [2.05, 4.69) is 26.0 Å². The van der Waals surface area contributed by atoms with E-state index in [9.17, 15) is 0 Å². The van der Waals surface area contributed by atoms with E-state index in [-0.39, 0.29) is 0 Å². The lowest BCUT2D eigenvalue weighted by Crippen LogP contribution is -1.94. The second-order valence-corrected chi connectivity index (χ2v) is 5.14. The number of hydrogen-bond donors (Lipinski definition) is 1. The maximum atomic E-state index is 6.16. The van der Waals surface area contributed by atoms with Crippen LogP contribution in [0.4, 0.5) is 5.82 Å². The lowest BCUT2D eigenvalue weighted by Gasteiger charge is -1.98. The van der Waals surface area contributed by atoms with Crippen LogP contribution in [0, 0.1) is 6.92 Å². The molecule has 0 saturated heterocycles. The standard InChI is InChI=1S/C12H12BrN5/c1-7-9(6-17(2)16-7)11-12(14)18-5-8(13)3-4-10(18)15-11/h3-6H,14H2,1-2H3. The van der Waals surface area contributed by atoms with Crippen LogP contribution < -0.4 is 5.73 Å². The first kappa shape index (κ1) is 11.3. The summed E-state index contributed by atoms with van der Waals surface area (Å²) in [5.41, 5.74) is 9.66. The Morgan fingerprint density at radius 3 is 2.72 bits per heavy atom. The fourth-order valence-corrected chi connectivity index (χ4v) is 2.40. The van der Waals surface area contributed by atoms with Gasteiger partial charge in [0.05, 0.1) is 5.69 Å². The summed E-state index contributed by atoms with van der Waals surface area (Å²) in [6.07, 6.45) is 3.84. The molecule has 3 heterocycles. The molecule has 0 aliphatic heterocycles. The van der Waals surface area contributed by atoms with Crippen LogP contribution in [0.15, 0.2) is 29.0 Å². The van der Waals surface area contributed by atoms with Crippen molar-refractivity contribution in [3.63, 3.8) is 0 Å². The molecule has 0 unspecified atom stereocenters. The number of nitrogens with two attached hydrogens (primary N) is 1. The summed E-state index contributed by atoms with van der Waals surface area (Å²) in [5.74, 6) is 0.627. The van der Waals surface area contributed by atoms with Gasteiger partial charge in [-0.05, 0) is 35.0 Å². The number of aromatic nitrogens is 4. The summed E-state index contributed by atoms with van der Waals surface area (Å²) in [4.78, 5) is 4.56. The van der Waals surface area contributed by atoms with Crippen molar-refractivity contribution in [2.45, 2.75) is 6.92 Å². The third kappa shape index (κ3) is 1.60. The Kier molecular flexibility index (Phi) is 2.41. The number of aryl methyl sites for hydroxylation is 2. The number of anilines is 1. The highest BCUT2D eigenvalue weighted by atomic mass is 79.9. The van der Waals surface area contributed by atoms with Crippen molar-refractivity contribution in [3.8, 4) is 11.3 Å². The minimum absolute atomic E-state index is 0.627. The van der Waals surface area contributed by atoms with E-state index in [1.54, 1.807) is 4.68 Å². The zero-order valence-corrected chi connectivity index (χ0v) is 11.6. The maximum Gasteiger partial charge on any atom is 0.139 e. The topological polar surface area (TPSA) is 61.1 Å². The first-order chi connectivity index (χ1) is 8.56. The van der Waals surface area contributed by atoms with E-state index >= 15 is 0 Å². The zero-order chi connectivity index (χ0) is 12.9. The Balaban J connectivity index is 2.30. The fourth-order valence-electron chi connectivity index (χ4n) is 2.07. The van der Waals surface area contributed by atoms with E-state index < -0.39 is 0 Å². The monoisotopic (exact) mass is 305 g/mol. The second kappa shape index (κ2) is 3.84. The lowest BCUT2D eigenvalue weighted by molar-refractivity contribution is 0.756. The van der Waals surface area contributed by atoms with Crippen molar-refractivity contribution in [1.82, 2.24) is 19.2 Å². The molecule has 18 heavy (non-hydrogen) atoms. The zero-order valence-electron chi connectivity index (χ0n) is 10.1. The molecule has 0 aliphatic carbocycles. The van der Waals surface area contributed by atoms with Crippen LogP contribution in [0.1, 0.15) is 5.69 Å². The van der Waals surface area contributed by atoms with Gasteiger partial charge in [-0.25, -0.2) is 4.98 Å². The average molecular weight is 306 g/mol. The largest absolute Gasteiger partial charge is 0.383 e. The first-order valence-electron chi connectivity index (χ1n) is 5.50. The Hall–Kier alpha value is -1.82. The van der Waals surface area contributed by atoms with Gasteiger partial charge in [-0.3, -0.25) is 9.08 Å². The van der Waals surface area contributed by atoms with Gasteiger partial charge in [0.1, 0.15) is 17.2 Å². The van der Waals surface area contributed by atoms with Gasteiger partial charge in [0.2, 0.25) is 0 Å². The molecule has 3 aromatic rings. The van der Waals surface area contributed by atoms with E-state index in [4.69, 9.17) is 5.73 Å². The molecule has 5 nitrogen and oxygen atoms in total. The van der Waals surface area contributed by atoms with E-state index in [0.29, 0.717) is 5.82 Å². The molecule has 6 heteroatoms. The van der Waals surface area contributed by atoms with Gasteiger partial charge >= 0.3 is 0 Å². The number of nitrogen functional groups attached to an aromatic ring is 1. The molecular weight excluding hydrogens is 294 g/mol. The van der Waals surface area contributed by atoms with Crippen LogP contribution >= 0.6 is 15.9 Å². The van der Waals surface area contributed by atoms with E-state index in [1.807, 2.05) is 42.9 Å². The normalized spacial score (nSPS) is 11.3. The summed E-state index contributed by atoms with van der Waals surface area (Å²) in [6.45, 7) is 1.95. The summed E-state index contributed by atoms with van der Waals surface area (Å²) < 4.78 is 4.60. The number of halogens is 1. The van der Waals surface area contributed by atoms with Gasteiger partial charge in [-0.2, -0.15) is 5.10 Å². The molecule has 0 aliphatic rings. The van der Waals surface area contributed by atoms with Gasteiger partial charge in [-0.15, -0.1) is 0 Å². The number of fused-ring (bicyclic) bond motifs is 1. The summed E-state index contributed by atoms with van der Waals surface area (Å²) in [6, 6.07) is 3.87. The predicted octanol–water partition coefficient (Wildman–Crippen LogP) is 2.39. The van der Waals surface area contributed by atoms with Crippen LogP contribution in [0.3, 0.4) is 0 Å². The molecule has 0 radical (unpaired) electrons. The van der Waals surface area contributed by atoms with E-state index in [1.165, 1.54) is 0 Å². The Morgan fingerprint density at radius 1 is 1.28 bits per heavy atom. The minimum atomic E-state index is 0.627. The van der Waals surface area contributed by atoms with Crippen molar-refractivity contribution in [1.29, 1.82) is 0 Å². The van der Waals surface area contributed by atoms with Gasteiger partial charge in [0, 0.05) is 29.5 Å². The minimum Gasteiger partial charge on any atom is -0.383 e. The molecule has 0 atom stereocenters. The number of imidazole rings is 1. The van der Waals surface area contributed by atoms with Crippen LogP contribution in [0.5, 0.6) is 0 Å². The van der Waals surface area contributed by atoms with Crippen LogP contribution in [-0.4, -0.2) is 19.2 Å². The molecule has 2 N–H and O–H groups in total. The van der Waals surface area contributed by atoms with Crippen molar-refractivity contribution < 1.29 is 0 Å². The van der Waals surface area contributed by atoms with Gasteiger partial charge in [0.25, 0.3) is 0 Å². The summed E-state index contributed by atoms with van der Waals surface area (Å²) in [5, 5.41) is 4.32. The highest BCUT2D eigenvalue weighted by Gasteiger charge is 2.15. The highest BCUT2D eigenvalue weighted by molar-refractivity contribution is 9.10. The summed E-state index contributed by atoms with van der Waals surface area (Å²) >= 11 is 3.43. The molecule has 0 bridgehead atoms. The van der Waals surface area contributed by atoms with Crippen molar-refractivity contribution in [2.75, 3.05) is 5.73 Å². The van der Waals surface area contributed by atoms with E-state index in [0.717, 1.165) is 27.1 Å². The Labute approximate surface area is 112 Å². The smallest absolute Gasteiger partial charge is 0.139 e. The van der Waals surface area contributed by atoms with Crippen LogP contribution in [0.2, 0.25) is 0 Å². The summed E-state index contributed by atoms with van der Waals surface area (Å²) in [7, 11) is 1.89.